The van der Waals surface area contributed by atoms with E-state index in [4.69, 9.17) is 27.2 Å². The van der Waals surface area contributed by atoms with E-state index in [1.54, 1.807) is 0 Å². The summed E-state index contributed by atoms with van der Waals surface area (Å²) in [5.41, 5.74) is 5.98. The molecule has 0 spiro atoms. The number of hydrogen-bond donors (Lipinski definition) is 3. The first kappa shape index (κ1) is 15.6. The zero-order chi connectivity index (χ0) is 14.1. The van der Waals surface area contributed by atoms with E-state index in [0.717, 1.165) is 19.4 Å². The summed E-state index contributed by atoms with van der Waals surface area (Å²) in [4.78, 5) is 4.50. The molecule has 19 heavy (non-hydrogen) atoms. The van der Waals surface area contributed by atoms with Gasteiger partial charge in [-0.15, -0.1) is 0 Å². The third-order valence-electron chi connectivity index (χ3n) is 2.43. The summed E-state index contributed by atoms with van der Waals surface area (Å²) < 4.78 is 5.37. The molecule has 1 heterocycles. The molecular formula is C13H18ClN3O2. The average Bonchev–Trinajstić information content (AvgIpc) is 2.40. The molecule has 1 saturated heterocycles. The van der Waals surface area contributed by atoms with Crippen LogP contribution < -0.4 is 11.1 Å². The molecule has 0 aromatic heterocycles. The fraction of sp³-hybridized carbons (Fsp3) is 0.462. The summed E-state index contributed by atoms with van der Waals surface area (Å²) >= 11 is 5.74. The van der Waals surface area contributed by atoms with Crippen molar-refractivity contribution in [1.82, 2.24) is 5.32 Å². The number of nitrogens with two attached hydrogens (primary N) is 1. The van der Waals surface area contributed by atoms with Crippen molar-refractivity contribution in [3.8, 4) is 11.8 Å². The lowest BCUT2D eigenvalue weighted by molar-refractivity contribution is 0.0828. The van der Waals surface area contributed by atoms with E-state index in [0.29, 0.717) is 18.0 Å². The number of aliphatic hydroxyl groups excluding tert-OH is 1. The van der Waals surface area contributed by atoms with E-state index < -0.39 is 0 Å². The molecule has 4 N–H and O–H groups in total. The predicted octanol–water partition coefficient (Wildman–Crippen LogP) is 0.702. The van der Waals surface area contributed by atoms with Crippen LogP contribution in [0, 0.1) is 11.8 Å². The largest absolute Gasteiger partial charge is 0.403 e. The molecule has 6 heteroatoms. The molecule has 1 rings (SSSR count). The number of nitrogens with zero attached hydrogens (tertiary/aromatic N) is 1. The summed E-state index contributed by atoms with van der Waals surface area (Å²) in [5, 5.41) is 11.8. The monoisotopic (exact) mass is 283 g/mol. The normalized spacial score (nSPS) is 20.4. The Kier molecular flexibility index (Phi) is 7.04. The maximum Gasteiger partial charge on any atom is 0.143 e. The Bertz CT molecular complexity index is 429. The van der Waals surface area contributed by atoms with Gasteiger partial charge in [-0.25, -0.2) is 0 Å². The quantitative estimate of drug-likeness (QED) is 0.308. The molecule has 1 aliphatic heterocycles. The lowest BCUT2D eigenvalue weighted by atomic mass is 10.1. The number of aliphatic hydroxyl groups is 1. The van der Waals surface area contributed by atoms with Gasteiger partial charge in [0.15, 0.2) is 0 Å². The molecule has 0 radical (unpaired) electrons. The van der Waals surface area contributed by atoms with Crippen LogP contribution in [0.3, 0.4) is 0 Å². The van der Waals surface area contributed by atoms with Gasteiger partial charge in [0.05, 0.1) is 18.2 Å². The molecule has 0 aromatic carbocycles. The Morgan fingerprint density at radius 3 is 3.00 bits per heavy atom. The minimum Gasteiger partial charge on any atom is -0.403 e. The molecule has 5 nitrogen and oxygen atoms in total. The first-order chi connectivity index (χ1) is 9.17. The van der Waals surface area contributed by atoms with Gasteiger partial charge in [0, 0.05) is 12.8 Å². The number of rotatable bonds is 3. The highest BCUT2D eigenvalue weighted by molar-refractivity contribution is 6.30. The number of aliphatic imine (C=N–C) groups is 1. The molecule has 0 aromatic rings. The molecule has 0 amide bonds. The highest BCUT2D eigenvalue weighted by Gasteiger charge is 2.15. The van der Waals surface area contributed by atoms with Gasteiger partial charge in [0.25, 0.3) is 0 Å². The molecule has 0 aliphatic carbocycles. The Morgan fingerprint density at radius 1 is 1.68 bits per heavy atom. The van der Waals surface area contributed by atoms with Crippen LogP contribution in [-0.4, -0.2) is 36.8 Å². The van der Waals surface area contributed by atoms with Gasteiger partial charge in [-0.3, -0.25) is 4.99 Å². The highest BCUT2D eigenvalue weighted by Crippen LogP contribution is 2.11. The second kappa shape index (κ2) is 8.59. The first-order valence-corrected chi connectivity index (χ1v) is 6.34. The number of hydrogen-bond acceptors (Lipinski definition) is 4. The van der Waals surface area contributed by atoms with Crippen molar-refractivity contribution < 1.29 is 9.84 Å². The lowest BCUT2D eigenvalue weighted by Gasteiger charge is -2.20. The van der Waals surface area contributed by atoms with Gasteiger partial charge < -0.3 is 20.9 Å². The number of amidine groups is 1. The third-order valence-corrected chi connectivity index (χ3v) is 2.52. The number of halogens is 1. The molecule has 1 atom stereocenters. The summed E-state index contributed by atoms with van der Waals surface area (Å²) in [5.74, 6) is 5.68. The molecule has 0 bridgehead atoms. The SMILES string of the molecule is C=C(Cl)NC(=NC1CCCOC1)/C(C#CCO)=C\N. The molecule has 1 fully saturated rings. The van der Waals surface area contributed by atoms with E-state index in [1.807, 2.05) is 0 Å². The van der Waals surface area contributed by atoms with Crippen LogP contribution in [0.4, 0.5) is 0 Å². The first-order valence-electron chi connectivity index (χ1n) is 5.96. The van der Waals surface area contributed by atoms with Crippen LogP contribution in [0.1, 0.15) is 12.8 Å². The van der Waals surface area contributed by atoms with Crippen molar-refractivity contribution in [3.63, 3.8) is 0 Å². The molecule has 0 saturated carbocycles. The smallest absolute Gasteiger partial charge is 0.143 e. The third kappa shape index (κ3) is 5.79. The van der Waals surface area contributed by atoms with Crippen molar-refractivity contribution in [2.45, 2.75) is 18.9 Å². The van der Waals surface area contributed by atoms with Crippen molar-refractivity contribution in [1.29, 1.82) is 0 Å². The Morgan fingerprint density at radius 2 is 2.47 bits per heavy atom. The number of nitrogens with one attached hydrogen (secondary N) is 1. The Labute approximate surface area is 118 Å². The fourth-order valence-electron chi connectivity index (χ4n) is 1.62. The Balaban J connectivity index is 2.91. The van der Waals surface area contributed by atoms with E-state index in [9.17, 15) is 0 Å². The zero-order valence-electron chi connectivity index (χ0n) is 10.7. The molecule has 1 aliphatic rings. The van der Waals surface area contributed by atoms with Crippen molar-refractivity contribution in [2.75, 3.05) is 19.8 Å². The van der Waals surface area contributed by atoms with Crippen LogP contribution >= 0.6 is 11.6 Å². The second-order valence-corrected chi connectivity index (χ2v) is 4.38. The summed E-state index contributed by atoms with van der Waals surface area (Å²) in [6.07, 6.45) is 3.22. The minimum absolute atomic E-state index is 0.0399. The van der Waals surface area contributed by atoms with Crippen molar-refractivity contribution >= 4 is 17.4 Å². The van der Waals surface area contributed by atoms with Crippen LogP contribution in [0.15, 0.2) is 28.5 Å². The number of ether oxygens (including phenoxy) is 1. The Hall–Kier alpha value is -1.48. The molecule has 1 unspecified atom stereocenters. The fourth-order valence-corrected chi connectivity index (χ4v) is 1.71. The average molecular weight is 284 g/mol. The van der Waals surface area contributed by atoms with Gasteiger partial charge in [0.1, 0.15) is 17.6 Å². The second-order valence-electron chi connectivity index (χ2n) is 3.92. The molecule has 104 valence electrons. The lowest BCUT2D eigenvalue weighted by Crippen LogP contribution is -2.28. The summed E-state index contributed by atoms with van der Waals surface area (Å²) in [7, 11) is 0. The minimum atomic E-state index is -0.251. The van der Waals surface area contributed by atoms with Crippen molar-refractivity contribution in [3.05, 3.63) is 23.5 Å². The van der Waals surface area contributed by atoms with E-state index in [2.05, 4.69) is 28.7 Å². The van der Waals surface area contributed by atoms with E-state index >= 15 is 0 Å². The van der Waals surface area contributed by atoms with Gasteiger partial charge in [-0.2, -0.15) is 0 Å². The maximum atomic E-state index is 8.73. The maximum absolute atomic E-state index is 8.73. The van der Waals surface area contributed by atoms with Crippen LogP contribution in [-0.2, 0) is 4.74 Å². The van der Waals surface area contributed by atoms with Crippen LogP contribution in [0.2, 0.25) is 0 Å². The summed E-state index contributed by atoms with van der Waals surface area (Å²) in [6.45, 7) is 4.64. The van der Waals surface area contributed by atoms with Crippen LogP contribution in [0.5, 0.6) is 0 Å². The van der Waals surface area contributed by atoms with Crippen LogP contribution in [0.25, 0.3) is 0 Å². The predicted molar refractivity (Wildman–Crippen MR) is 76.5 cm³/mol. The standard InChI is InChI=1S/C13H18ClN3O2/c1-10(14)16-13(11(8-15)4-2-6-18)17-12-5-3-7-19-9-12/h8,12,18H,1,3,5-7,9,15H2,(H,16,17)/b11-8-. The topological polar surface area (TPSA) is 79.9 Å². The van der Waals surface area contributed by atoms with E-state index in [1.165, 1.54) is 6.20 Å². The van der Waals surface area contributed by atoms with E-state index in [-0.39, 0.29) is 17.8 Å². The van der Waals surface area contributed by atoms with Gasteiger partial charge in [-0.1, -0.05) is 30.0 Å². The zero-order valence-corrected chi connectivity index (χ0v) is 11.4. The van der Waals surface area contributed by atoms with Gasteiger partial charge in [-0.05, 0) is 12.8 Å². The van der Waals surface area contributed by atoms with Crippen molar-refractivity contribution in [2.24, 2.45) is 10.7 Å². The van der Waals surface area contributed by atoms with Gasteiger partial charge >= 0.3 is 0 Å². The molecular weight excluding hydrogens is 266 g/mol. The summed E-state index contributed by atoms with van der Waals surface area (Å²) in [6, 6.07) is 0.0399. The van der Waals surface area contributed by atoms with Gasteiger partial charge in [0.2, 0.25) is 0 Å². The highest BCUT2D eigenvalue weighted by atomic mass is 35.5.